The molecule has 0 amide bonds. The molecule has 4 aromatic rings. The van der Waals surface area contributed by atoms with Gasteiger partial charge in [-0.2, -0.15) is 0 Å². The SMILES string of the molecule is CCc1cccc(-n2c(/C=C/c3cccc(OC)c3O)nc3ccccc3c2=O)c1. The Morgan fingerprint density at radius 3 is 2.63 bits per heavy atom. The van der Waals surface area contributed by atoms with E-state index in [0.717, 1.165) is 17.7 Å². The van der Waals surface area contributed by atoms with Gasteiger partial charge >= 0.3 is 0 Å². The summed E-state index contributed by atoms with van der Waals surface area (Å²) in [5.41, 5.74) is 2.95. The quantitative estimate of drug-likeness (QED) is 0.523. The molecule has 1 heterocycles. The Bertz CT molecular complexity index is 1310. The Morgan fingerprint density at radius 2 is 1.83 bits per heavy atom. The van der Waals surface area contributed by atoms with Crippen molar-refractivity contribution in [3.63, 3.8) is 0 Å². The van der Waals surface area contributed by atoms with Gasteiger partial charge in [-0.25, -0.2) is 4.98 Å². The summed E-state index contributed by atoms with van der Waals surface area (Å²) in [6.07, 6.45) is 4.34. The summed E-state index contributed by atoms with van der Waals surface area (Å²) < 4.78 is 6.78. The normalized spacial score (nSPS) is 11.3. The zero-order valence-corrected chi connectivity index (χ0v) is 16.9. The number of phenolic OH excluding ortho intramolecular Hbond substituents is 1. The van der Waals surface area contributed by atoms with Gasteiger partial charge in [-0.05, 0) is 54.5 Å². The minimum atomic E-state index is -0.136. The average Bonchev–Trinajstić information content (AvgIpc) is 2.78. The monoisotopic (exact) mass is 398 g/mol. The van der Waals surface area contributed by atoms with Crippen molar-refractivity contribution in [2.75, 3.05) is 7.11 Å². The number of fused-ring (bicyclic) bond motifs is 1. The second kappa shape index (κ2) is 8.25. The molecule has 0 fully saturated rings. The van der Waals surface area contributed by atoms with Gasteiger partial charge in [0.25, 0.3) is 5.56 Å². The molecule has 0 atom stereocenters. The van der Waals surface area contributed by atoms with E-state index in [4.69, 9.17) is 9.72 Å². The first-order valence-corrected chi connectivity index (χ1v) is 9.77. The number of methoxy groups -OCH3 is 1. The number of aromatic nitrogens is 2. The van der Waals surface area contributed by atoms with Crippen LogP contribution in [-0.4, -0.2) is 21.8 Å². The Hall–Kier alpha value is -3.86. The van der Waals surface area contributed by atoms with Crippen molar-refractivity contribution in [1.29, 1.82) is 0 Å². The summed E-state index contributed by atoms with van der Waals surface area (Å²) in [6, 6.07) is 20.4. The van der Waals surface area contributed by atoms with Crippen LogP contribution >= 0.6 is 0 Å². The van der Waals surface area contributed by atoms with Crippen LogP contribution in [0.4, 0.5) is 0 Å². The van der Waals surface area contributed by atoms with Gasteiger partial charge < -0.3 is 9.84 Å². The van der Waals surface area contributed by atoms with E-state index < -0.39 is 0 Å². The number of aryl methyl sites for hydroxylation is 1. The van der Waals surface area contributed by atoms with Crippen molar-refractivity contribution in [3.05, 3.63) is 94.0 Å². The highest BCUT2D eigenvalue weighted by Gasteiger charge is 2.12. The molecule has 0 aliphatic heterocycles. The number of hydrogen-bond acceptors (Lipinski definition) is 4. The van der Waals surface area contributed by atoms with Crippen LogP contribution in [0.25, 0.3) is 28.7 Å². The fourth-order valence-electron chi connectivity index (χ4n) is 3.43. The molecule has 0 saturated carbocycles. The number of phenols is 1. The third-order valence-corrected chi connectivity index (χ3v) is 5.04. The second-order valence-electron chi connectivity index (χ2n) is 6.88. The highest BCUT2D eigenvalue weighted by atomic mass is 16.5. The molecule has 3 aromatic carbocycles. The fraction of sp³-hybridized carbons (Fsp3) is 0.120. The summed E-state index contributed by atoms with van der Waals surface area (Å²) in [5.74, 6) is 0.907. The molecule has 0 spiro atoms. The Kier molecular flexibility index (Phi) is 5.35. The summed E-state index contributed by atoms with van der Waals surface area (Å²) in [5, 5.41) is 10.9. The van der Waals surface area contributed by atoms with E-state index >= 15 is 0 Å². The highest BCUT2D eigenvalue weighted by Crippen LogP contribution is 2.30. The maximum atomic E-state index is 13.3. The average molecular weight is 398 g/mol. The lowest BCUT2D eigenvalue weighted by Crippen LogP contribution is -2.22. The number of aromatic hydroxyl groups is 1. The third-order valence-electron chi connectivity index (χ3n) is 5.04. The zero-order valence-electron chi connectivity index (χ0n) is 16.9. The molecule has 1 N–H and O–H groups in total. The van der Waals surface area contributed by atoms with Gasteiger partial charge in [-0.1, -0.05) is 43.3 Å². The first kappa shape index (κ1) is 19.5. The Morgan fingerprint density at radius 1 is 1.03 bits per heavy atom. The summed E-state index contributed by atoms with van der Waals surface area (Å²) in [6.45, 7) is 2.08. The lowest BCUT2D eigenvalue weighted by atomic mass is 10.1. The second-order valence-corrected chi connectivity index (χ2v) is 6.88. The summed E-state index contributed by atoms with van der Waals surface area (Å²) in [4.78, 5) is 18.1. The number of nitrogens with zero attached hydrogens (tertiary/aromatic N) is 2. The van der Waals surface area contributed by atoms with E-state index in [2.05, 4.69) is 6.92 Å². The molecule has 0 bridgehead atoms. The minimum Gasteiger partial charge on any atom is -0.504 e. The van der Waals surface area contributed by atoms with Gasteiger partial charge in [-0.3, -0.25) is 9.36 Å². The molecule has 0 radical (unpaired) electrons. The number of rotatable bonds is 5. The van der Waals surface area contributed by atoms with Gasteiger partial charge in [0.05, 0.1) is 23.7 Å². The zero-order chi connectivity index (χ0) is 21.1. The molecule has 0 aliphatic carbocycles. The fourth-order valence-corrected chi connectivity index (χ4v) is 3.43. The maximum absolute atomic E-state index is 13.3. The highest BCUT2D eigenvalue weighted by molar-refractivity contribution is 5.80. The Labute approximate surface area is 174 Å². The molecule has 30 heavy (non-hydrogen) atoms. The largest absolute Gasteiger partial charge is 0.504 e. The molecule has 5 heteroatoms. The number of benzene rings is 3. The number of hydrogen-bond donors (Lipinski definition) is 1. The standard InChI is InChI=1S/C25H22N2O3/c1-3-17-8-6-10-19(16-17)27-23(26-21-12-5-4-11-20(21)25(27)29)15-14-18-9-7-13-22(30-2)24(18)28/h4-16,28H,3H2,1-2H3/b15-14+. The van der Waals surface area contributed by atoms with E-state index in [1.165, 1.54) is 7.11 Å². The number of ether oxygens (including phenoxy) is 1. The van der Waals surface area contributed by atoms with Gasteiger partial charge in [0.1, 0.15) is 5.82 Å². The molecular weight excluding hydrogens is 376 g/mol. The summed E-state index contributed by atoms with van der Waals surface area (Å²) >= 11 is 0. The molecule has 0 saturated heterocycles. The van der Waals surface area contributed by atoms with Gasteiger partial charge in [0, 0.05) is 5.56 Å². The van der Waals surface area contributed by atoms with Crippen LogP contribution in [0.5, 0.6) is 11.5 Å². The molecule has 5 nitrogen and oxygen atoms in total. The molecule has 150 valence electrons. The van der Waals surface area contributed by atoms with Gasteiger partial charge in [0.2, 0.25) is 0 Å². The third kappa shape index (κ3) is 3.57. The lowest BCUT2D eigenvalue weighted by Gasteiger charge is -2.12. The number of para-hydroxylation sites is 2. The van der Waals surface area contributed by atoms with E-state index in [0.29, 0.717) is 28.0 Å². The van der Waals surface area contributed by atoms with Crippen LogP contribution in [0.3, 0.4) is 0 Å². The van der Waals surface area contributed by atoms with E-state index in [1.54, 1.807) is 41.0 Å². The van der Waals surface area contributed by atoms with E-state index in [9.17, 15) is 9.90 Å². The molecule has 1 aromatic heterocycles. The van der Waals surface area contributed by atoms with Crippen LogP contribution < -0.4 is 10.3 Å². The van der Waals surface area contributed by atoms with E-state index in [-0.39, 0.29) is 11.3 Å². The van der Waals surface area contributed by atoms with Crippen molar-refractivity contribution in [1.82, 2.24) is 9.55 Å². The van der Waals surface area contributed by atoms with Crippen molar-refractivity contribution >= 4 is 23.1 Å². The smallest absolute Gasteiger partial charge is 0.266 e. The van der Waals surface area contributed by atoms with Crippen LogP contribution in [-0.2, 0) is 6.42 Å². The molecule has 0 aliphatic rings. The first-order valence-electron chi connectivity index (χ1n) is 9.77. The van der Waals surface area contributed by atoms with Crippen molar-refractivity contribution in [3.8, 4) is 17.2 Å². The molecular formula is C25H22N2O3. The van der Waals surface area contributed by atoms with Crippen molar-refractivity contribution in [2.24, 2.45) is 0 Å². The van der Waals surface area contributed by atoms with E-state index in [1.807, 2.05) is 42.5 Å². The van der Waals surface area contributed by atoms with Crippen LogP contribution in [0, 0.1) is 0 Å². The van der Waals surface area contributed by atoms with Crippen LogP contribution in [0.1, 0.15) is 23.9 Å². The van der Waals surface area contributed by atoms with Gasteiger partial charge in [0.15, 0.2) is 11.5 Å². The topological polar surface area (TPSA) is 64.3 Å². The van der Waals surface area contributed by atoms with Crippen LogP contribution in [0.15, 0.2) is 71.5 Å². The first-order chi connectivity index (χ1) is 14.6. The predicted molar refractivity (Wildman–Crippen MR) is 120 cm³/mol. The Balaban J connectivity index is 1.93. The predicted octanol–water partition coefficient (Wildman–Crippen LogP) is 4.83. The maximum Gasteiger partial charge on any atom is 0.266 e. The molecule has 0 unspecified atom stereocenters. The van der Waals surface area contributed by atoms with Crippen molar-refractivity contribution in [2.45, 2.75) is 13.3 Å². The van der Waals surface area contributed by atoms with Crippen molar-refractivity contribution < 1.29 is 9.84 Å². The van der Waals surface area contributed by atoms with Gasteiger partial charge in [-0.15, -0.1) is 0 Å². The minimum absolute atomic E-state index is 0.0407. The molecule has 4 rings (SSSR count). The lowest BCUT2D eigenvalue weighted by molar-refractivity contribution is 0.373. The summed E-state index contributed by atoms with van der Waals surface area (Å²) in [7, 11) is 1.51. The van der Waals surface area contributed by atoms with Crippen LogP contribution in [0.2, 0.25) is 0 Å².